The predicted octanol–water partition coefficient (Wildman–Crippen LogP) is 3.91. The molecule has 5 heteroatoms. The van der Waals surface area contributed by atoms with Crippen LogP contribution in [0, 0.1) is 17.1 Å². The third-order valence-corrected chi connectivity index (χ3v) is 5.70. The first-order valence-electron chi connectivity index (χ1n) is 9.84. The third kappa shape index (κ3) is 3.58. The molecule has 3 atom stereocenters. The van der Waals surface area contributed by atoms with E-state index in [9.17, 15) is 19.6 Å². The highest BCUT2D eigenvalue weighted by atomic mass is 19.1. The number of benzene rings is 3. The summed E-state index contributed by atoms with van der Waals surface area (Å²) < 4.78 is 14.0. The Bertz CT molecular complexity index is 1080. The van der Waals surface area contributed by atoms with E-state index in [4.69, 9.17) is 0 Å². The van der Waals surface area contributed by atoms with Crippen LogP contribution in [0.5, 0.6) is 0 Å². The smallest absolute Gasteiger partial charge is 0.228 e. The summed E-state index contributed by atoms with van der Waals surface area (Å²) in [5.74, 6) is -0.755. The SMILES string of the molecule is N#C[C@@H]1[C@H](c2ccc(-c3ccccc3F)cc2)[C@@H](CO)N1C(=O)Cc1ccccc1. The van der Waals surface area contributed by atoms with Crippen LogP contribution in [0.3, 0.4) is 0 Å². The van der Waals surface area contributed by atoms with Gasteiger partial charge in [-0.15, -0.1) is 0 Å². The van der Waals surface area contributed by atoms with Crippen LogP contribution in [0.4, 0.5) is 4.39 Å². The standard InChI is InChI=1S/C25H21FN2O2/c26-21-9-5-4-8-20(21)18-10-12-19(13-11-18)25-22(15-27)28(23(25)16-29)24(30)14-17-6-2-1-3-7-17/h1-13,22-23,25,29H,14,16H2/t22-,23-,25+/m1/s1. The van der Waals surface area contributed by atoms with E-state index in [0.29, 0.717) is 5.56 Å². The van der Waals surface area contributed by atoms with Gasteiger partial charge >= 0.3 is 0 Å². The average molecular weight is 400 g/mol. The van der Waals surface area contributed by atoms with E-state index in [-0.39, 0.29) is 30.7 Å². The quantitative estimate of drug-likeness (QED) is 0.706. The van der Waals surface area contributed by atoms with Crippen LogP contribution in [-0.2, 0) is 11.2 Å². The summed E-state index contributed by atoms with van der Waals surface area (Å²) in [7, 11) is 0. The summed E-state index contributed by atoms with van der Waals surface area (Å²) >= 11 is 0. The number of carbonyl (C=O) groups is 1. The van der Waals surface area contributed by atoms with Crippen LogP contribution >= 0.6 is 0 Å². The van der Waals surface area contributed by atoms with E-state index < -0.39 is 12.1 Å². The number of hydrogen-bond acceptors (Lipinski definition) is 3. The van der Waals surface area contributed by atoms with Gasteiger partial charge in [0.05, 0.1) is 25.1 Å². The molecule has 4 nitrogen and oxygen atoms in total. The fraction of sp³-hybridized carbons (Fsp3) is 0.200. The Labute approximate surface area is 174 Å². The van der Waals surface area contributed by atoms with Gasteiger partial charge < -0.3 is 10.0 Å². The van der Waals surface area contributed by atoms with Crippen LogP contribution in [0.2, 0.25) is 0 Å². The predicted molar refractivity (Wildman–Crippen MR) is 112 cm³/mol. The van der Waals surface area contributed by atoms with E-state index in [0.717, 1.165) is 16.7 Å². The second kappa shape index (κ2) is 8.48. The number of aliphatic hydroxyl groups is 1. The normalized spacial score (nSPS) is 20.3. The van der Waals surface area contributed by atoms with Crippen molar-refractivity contribution < 1.29 is 14.3 Å². The fourth-order valence-electron chi connectivity index (χ4n) is 4.19. The molecule has 0 bridgehead atoms. The van der Waals surface area contributed by atoms with Gasteiger partial charge in [-0.2, -0.15) is 5.26 Å². The zero-order valence-corrected chi connectivity index (χ0v) is 16.3. The van der Waals surface area contributed by atoms with Crippen molar-refractivity contribution in [3.05, 3.63) is 95.8 Å². The number of rotatable bonds is 5. The largest absolute Gasteiger partial charge is 0.394 e. The number of carbonyl (C=O) groups excluding carboxylic acids is 1. The molecular formula is C25H21FN2O2. The van der Waals surface area contributed by atoms with Crippen LogP contribution in [-0.4, -0.2) is 34.6 Å². The molecule has 0 unspecified atom stereocenters. The van der Waals surface area contributed by atoms with Crippen LogP contribution in [0.25, 0.3) is 11.1 Å². The first-order chi connectivity index (χ1) is 14.6. The molecule has 0 spiro atoms. The molecule has 4 rings (SSSR count). The number of aliphatic hydroxyl groups excluding tert-OH is 1. The number of likely N-dealkylation sites (tertiary alicyclic amines) is 1. The number of nitrogens with zero attached hydrogens (tertiary/aromatic N) is 2. The van der Waals surface area contributed by atoms with Gasteiger partial charge in [-0.3, -0.25) is 4.79 Å². The lowest BCUT2D eigenvalue weighted by atomic mass is 9.75. The van der Waals surface area contributed by atoms with E-state index in [1.54, 1.807) is 18.2 Å². The average Bonchev–Trinajstić information content (AvgIpc) is 2.75. The summed E-state index contributed by atoms with van der Waals surface area (Å²) in [5.41, 5.74) is 2.97. The summed E-state index contributed by atoms with van der Waals surface area (Å²) in [6, 6.07) is 24.3. The number of halogens is 1. The van der Waals surface area contributed by atoms with Crippen molar-refractivity contribution in [3.8, 4) is 17.2 Å². The molecule has 1 heterocycles. The fourth-order valence-corrected chi connectivity index (χ4v) is 4.19. The van der Waals surface area contributed by atoms with Crippen LogP contribution in [0.15, 0.2) is 78.9 Å². The Balaban J connectivity index is 1.55. The highest BCUT2D eigenvalue weighted by Crippen LogP contribution is 2.41. The second-order valence-electron chi connectivity index (χ2n) is 7.41. The molecule has 150 valence electrons. The van der Waals surface area contributed by atoms with Crippen molar-refractivity contribution in [2.45, 2.75) is 24.4 Å². The molecule has 1 N–H and O–H groups in total. The zero-order valence-electron chi connectivity index (χ0n) is 16.3. The molecule has 3 aromatic rings. The van der Waals surface area contributed by atoms with E-state index in [1.807, 2.05) is 54.6 Å². The maximum absolute atomic E-state index is 14.0. The monoisotopic (exact) mass is 400 g/mol. The van der Waals surface area contributed by atoms with E-state index in [1.165, 1.54) is 11.0 Å². The van der Waals surface area contributed by atoms with E-state index in [2.05, 4.69) is 6.07 Å². The van der Waals surface area contributed by atoms with Crippen molar-refractivity contribution >= 4 is 5.91 Å². The Hall–Kier alpha value is -3.49. The zero-order chi connectivity index (χ0) is 21.1. The molecule has 1 aliphatic heterocycles. The maximum Gasteiger partial charge on any atom is 0.228 e. The summed E-state index contributed by atoms with van der Waals surface area (Å²) in [5, 5.41) is 19.6. The Morgan fingerprint density at radius 2 is 1.67 bits per heavy atom. The van der Waals surface area contributed by atoms with Gasteiger partial charge in [0.25, 0.3) is 0 Å². The van der Waals surface area contributed by atoms with Crippen molar-refractivity contribution in [1.29, 1.82) is 5.26 Å². The first-order valence-corrected chi connectivity index (χ1v) is 9.84. The summed E-state index contributed by atoms with van der Waals surface area (Å²) in [6.07, 6.45) is 0.189. The molecule has 1 amide bonds. The molecule has 3 aromatic carbocycles. The van der Waals surface area contributed by atoms with Crippen molar-refractivity contribution in [3.63, 3.8) is 0 Å². The van der Waals surface area contributed by atoms with Gasteiger partial charge in [0, 0.05) is 11.5 Å². The first kappa shape index (κ1) is 19.8. The third-order valence-electron chi connectivity index (χ3n) is 5.70. The van der Waals surface area contributed by atoms with Gasteiger partial charge in [-0.25, -0.2) is 4.39 Å². The molecule has 0 radical (unpaired) electrons. The van der Waals surface area contributed by atoms with Gasteiger partial charge in [-0.05, 0) is 22.8 Å². The van der Waals surface area contributed by atoms with Gasteiger partial charge in [0.2, 0.25) is 5.91 Å². The lowest BCUT2D eigenvalue weighted by Gasteiger charge is -2.51. The molecule has 1 fully saturated rings. The second-order valence-corrected chi connectivity index (χ2v) is 7.41. The van der Waals surface area contributed by atoms with Crippen LogP contribution < -0.4 is 0 Å². The molecule has 1 saturated heterocycles. The molecular weight excluding hydrogens is 379 g/mol. The van der Waals surface area contributed by atoms with Crippen LogP contribution in [0.1, 0.15) is 17.0 Å². The van der Waals surface area contributed by atoms with Gasteiger partial charge in [0.1, 0.15) is 11.9 Å². The molecule has 0 aromatic heterocycles. The molecule has 1 aliphatic rings. The maximum atomic E-state index is 14.0. The Kier molecular flexibility index (Phi) is 5.60. The van der Waals surface area contributed by atoms with Gasteiger partial charge in [0.15, 0.2) is 0 Å². The minimum Gasteiger partial charge on any atom is -0.394 e. The topological polar surface area (TPSA) is 64.3 Å². The number of nitriles is 1. The minimum absolute atomic E-state index is 0.175. The molecule has 0 aliphatic carbocycles. The number of amides is 1. The Morgan fingerprint density at radius 3 is 2.30 bits per heavy atom. The lowest BCUT2D eigenvalue weighted by Crippen LogP contribution is -2.65. The minimum atomic E-state index is -0.641. The van der Waals surface area contributed by atoms with Crippen molar-refractivity contribution in [1.82, 2.24) is 4.90 Å². The van der Waals surface area contributed by atoms with E-state index >= 15 is 0 Å². The lowest BCUT2D eigenvalue weighted by molar-refractivity contribution is -0.146. The van der Waals surface area contributed by atoms with Gasteiger partial charge in [-0.1, -0.05) is 72.8 Å². The summed E-state index contributed by atoms with van der Waals surface area (Å²) in [6.45, 7) is -0.224. The van der Waals surface area contributed by atoms with Crippen molar-refractivity contribution in [2.24, 2.45) is 0 Å². The highest BCUT2D eigenvalue weighted by Gasteiger charge is 2.51. The van der Waals surface area contributed by atoms with Crippen molar-refractivity contribution in [2.75, 3.05) is 6.61 Å². The highest BCUT2D eigenvalue weighted by molar-refractivity contribution is 5.81. The molecule has 30 heavy (non-hydrogen) atoms. The number of hydrogen-bond donors (Lipinski definition) is 1. The summed E-state index contributed by atoms with van der Waals surface area (Å²) in [4.78, 5) is 14.3. The Morgan fingerprint density at radius 1 is 1.00 bits per heavy atom. The molecule has 0 saturated carbocycles.